The van der Waals surface area contributed by atoms with Gasteiger partial charge in [0, 0.05) is 43.3 Å². The Morgan fingerprint density at radius 3 is 3.10 bits per heavy atom. The van der Waals surface area contributed by atoms with Crippen LogP contribution in [0, 0.1) is 0 Å². The highest BCUT2D eigenvalue weighted by atomic mass is 32.1. The van der Waals surface area contributed by atoms with Gasteiger partial charge < -0.3 is 10.3 Å². The number of carbonyl (C=O) groups is 1. The third-order valence-electron chi connectivity index (χ3n) is 3.65. The van der Waals surface area contributed by atoms with E-state index in [1.807, 2.05) is 11.3 Å². The molecule has 3 heterocycles. The zero-order chi connectivity index (χ0) is 14.7. The van der Waals surface area contributed by atoms with Crippen molar-refractivity contribution in [1.29, 1.82) is 0 Å². The molecular formula is C15H17N3O2S. The molecule has 0 aromatic carbocycles. The lowest BCUT2D eigenvalue weighted by molar-refractivity contribution is 0.0947. The lowest BCUT2D eigenvalue weighted by atomic mass is 10.1. The Bertz CT molecular complexity index is 672. The molecule has 0 unspecified atom stereocenters. The Morgan fingerprint density at radius 1 is 1.38 bits per heavy atom. The van der Waals surface area contributed by atoms with Crippen LogP contribution >= 0.6 is 11.3 Å². The minimum absolute atomic E-state index is 0.153. The third kappa shape index (κ3) is 3.40. The molecule has 5 nitrogen and oxygen atoms in total. The SMILES string of the molecule is O=C(NCCN1CCc2sccc2C1)c1ccc(=O)[nH]c1. The van der Waals surface area contributed by atoms with E-state index < -0.39 is 0 Å². The maximum Gasteiger partial charge on any atom is 0.252 e. The summed E-state index contributed by atoms with van der Waals surface area (Å²) < 4.78 is 0. The lowest BCUT2D eigenvalue weighted by Gasteiger charge is -2.26. The number of pyridine rings is 1. The summed E-state index contributed by atoms with van der Waals surface area (Å²) in [5.41, 5.74) is 1.69. The monoisotopic (exact) mass is 303 g/mol. The van der Waals surface area contributed by atoms with Gasteiger partial charge in [0.2, 0.25) is 5.56 Å². The van der Waals surface area contributed by atoms with Crippen LogP contribution in [0.5, 0.6) is 0 Å². The number of hydrogen-bond acceptors (Lipinski definition) is 4. The van der Waals surface area contributed by atoms with Gasteiger partial charge in [0.05, 0.1) is 5.56 Å². The van der Waals surface area contributed by atoms with E-state index in [1.165, 1.54) is 28.8 Å². The van der Waals surface area contributed by atoms with Crippen molar-refractivity contribution in [2.24, 2.45) is 0 Å². The average Bonchev–Trinajstić information content (AvgIpc) is 2.95. The van der Waals surface area contributed by atoms with Crippen LogP contribution in [0.2, 0.25) is 0 Å². The minimum Gasteiger partial charge on any atom is -0.351 e. The number of H-pyrrole nitrogens is 1. The Labute approximate surface area is 126 Å². The van der Waals surface area contributed by atoms with E-state index in [-0.39, 0.29) is 11.5 Å². The zero-order valence-electron chi connectivity index (χ0n) is 11.6. The Kier molecular flexibility index (Phi) is 4.17. The van der Waals surface area contributed by atoms with Crippen molar-refractivity contribution in [3.05, 3.63) is 56.1 Å². The van der Waals surface area contributed by atoms with E-state index in [0.29, 0.717) is 12.1 Å². The quantitative estimate of drug-likeness (QED) is 0.893. The van der Waals surface area contributed by atoms with Gasteiger partial charge in [-0.15, -0.1) is 11.3 Å². The summed E-state index contributed by atoms with van der Waals surface area (Å²) in [6.07, 6.45) is 2.54. The van der Waals surface area contributed by atoms with Crippen molar-refractivity contribution in [3.63, 3.8) is 0 Å². The number of thiophene rings is 1. The predicted octanol–water partition coefficient (Wildman–Crippen LogP) is 1.22. The smallest absolute Gasteiger partial charge is 0.252 e. The zero-order valence-corrected chi connectivity index (χ0v) is 12.4. The van der Waals surface area contributed by atoms with Crippen LogP contribution in [-0.2, 0) is 13.0 Å². The van der Waals surface area contributed by atoms with Crippen LogP contribution in [0.25, 0.3) is 0 Å². The Hall–Kier alpha value is -1.92. The van der Waals surface area contributed by atoms with E-state index in [2.05, 4.69) is 26.6 Å². The maximum atomic E-state index is 11.9. The minimum atomic E-state index is -0.202. The summed E-state index contributed by atoms with van der Waals surface area (Å²) in [5.74, 6) is -0.153. The molecule has 2 aromatic heterocycles. The molecule has 1 amide bonds. The number of aromatic nitrogens is 1. The lowest BCUT2D eigenvalue weighted by Crippen LogP contribution is -2.37. The normalized spacial score (nSPS) is 14.7. The number of rotatable bonds is 4. The second kappa shape index (κ2) is 6.24. The molecule has 1 aliphatic rings. The molecule has 2 aromatic rings. The molecule has 21 heavy (non-hydrogen) atoms. The van der Waals surface area contributed by atoms with Crippen LogP contribution in [-0.4, -0.2) is 35.4 Å². The number of hydrogen-bond donors (Lipinski definition) is 2. The van der Waals surface area contributed by atoms with Crippen LogP contribution in [0.3, 0.4) is 0 Å². The van der Waals surface area contributed by atoms with Crippen molar-refractivity contribution >= 4 is 17.2 Å². The van der Waals surface area contributed by atoms with Crippen LogP contribution < -0.4 is 10.9 Å². The molecule has 0 radical (unpaired) electrons. The number of aromatic amines is 1. The van der Waals surface area contributed by atoms with Crippen molar-refractivity contribution in [2.75, 3.05) is 19.6 Å². The summed E-state index contributed by atoms with van der Waals surface area (Å²) in [6.45, 7) is 3.46. The first kappa shape index (κ1) is 14.0. The van der Waals surface area contributed by atoms with Gasteiger partial charge >= 0.3 is 0 Å². The van der Waals surface area contributed by atoms with Gasteiger partial charge in [-0.2, -0.15) is 0 Å². The summed E-state index contributed by atoms with van der Waals surface area (Å²) in [6, 6.07) is 5.08. The molecule has 1 aliphatic heterocycles. The van der Waals surface area contributed by atoms with Gasteiger partial charge in [0.25, 0.3) is 5.91 Å². The molecule has 0 fully saturated rings. The molecule has 0 spiro atoms. The van der Waals surface area contributed by atoms with Crippen LogP contribution in [0.1, 0.15) is 20.8 Å². The fourth-order valence-electron chi connectivity index (χ4n) is 2.48. The number of nitrogens with one attached hydrogen (secondary N) is 2. The number of nitrogens with zero attached hydrogens (tertiary/aromatic N) is 1. The number of fused-ring (bicyclic) bond motifs is 1. The Balaban J connectivity index is 1.47. The van der Waals surface area contributed by atoms with Gasteiger partial charge in [0.1, 0.15) is 0 Å². The summed E-state index contributed by atoms with van der Waals surface area (Å²) >= 11 is 1.83. The molecule has 0 saturated heterocycles. The fourth-order valence-corrected chi connectivity index (χ4v) is 3.37. The number of carbonyl (C=O) groups excluding carboxylic acids is 1. The predicted molar refractivity (Wildman–Crippen MR) is 82.7 cm³/mol. The summed E-state index contributed by atoms with van der Waals surface area (Å²) in [5, 5.41) is 5.03. The molecule has 110 valence electrons. The first-order valence-corrected chi connectivity index (χ1v) is 7.85. The molecule has 2 N–H and O–H groups in total. The largest absolute Gasteiger partial charge is 0.351 e. The molecule has 3 rings (SSSR count). The first-order valence-electron chi connectivity index (χ1n) is 6.97. The topological polar surface area (TPSA) is 65.2 Å². The van der Waals surface area contributed by atoms with E-state index in [9.17, 15) is 9.59 Å². The molecule has 0 aliphatic carbocycles. The van der Waals surface area contributed by atoms with E-state index in [4.69, 9.17) is 0 Å². The van der Waals surface area contributed by atoms with Crippen molar-refractivity contribution in [2.45, 2.75) is 13.0 Å². The van der Waals surface area contributed by atoms with Gasteiger partial charge in [-0.25, -0.2) is 0 Å². The second-order valence-corrected chi connectivity index (χ2v) is 6.09. The second-order valence-electron chi connectivity index (χ2n) is 5.09. The highest BCUT2D eigenvalue weighted by molar-refractivity contribution is 7.10. The van der Waals surface area contributed by atoms with Crippen molar-refractivity contribution < 1.29 is 4.79 Å². The Morgan fingerprint density at radius 2 is 2.29 bits per heavy atom. The van der Waals surface area contributed by atoms with Crippen LogP contribution in [0.4, 0.5) is 0 Å². The maximum absolute atomic E-state index is 11.9. The van der Waals surface area contributed by atoms with Gasteiger partial charge in [0.15, 0.2) is 0 Å². The highest BCUT2D eigenvalue weighted by Crippen LogP contribution is 2.23. The standard InChI is InChI=1S/C15H17N3O2S/c19-14-2-1-11(9-17-14)15(20)16-5-7-18-6-3-13-12(10-18)4-8-21-13/h1-2,4,8-9H,3,5-7,10H2,(H,16,20)(H,17,19). The fraction of sp³-hybridized carbons (Fsp3) is 0.333. The first-order chi connectivity index (χ1) is 10.2. The average molecular weight is 303 g/mol. The van der Waals surface area contributed by atoms with E-state index in [1.54, 1.807) is 0 Å². The van der Waals surface area contributed by atoms with E-state index in [0.717, 1.165) is 26.1 Å². The van der Waals surface area contributed by atoms with Gasteiger partial charge in [-0.05, 0) is 29.5 Å². The number of amides is 1. The van der Waals surface area contributed by atoms with Crippen molar-refractivity contribution in [1.82, 2.24) is 15.2 Å². The molecule has 0 saturated carbocycles. The van der Waals surface area contributed by atoms with Gasteiger partial charge in [-0.3, -0.25) is 14.5 Å². The molecular weight excluding hydrogens is 286 g/mol. The van der Waals surface area contributed by atoms with Gasteiger partial charge in [-0.1, -0.05) is 0 Å². The summed E-state index contributed by atoms with van der Waals surface area (Å²) in [4.78, 5) is 29.2. The molecule has 0 atom stereocenters. The molecule has 0 bridgehead atoms. The third-order valence-corrected chi connectivity index (χ3v) is 4.67. The van der Waals surface area contributed by atoms with Crippen LogP contribution in [0.15, 0.2) is 34.6 Å². The summed E-state index contributed by atoms with van der Waals surface area (Å²) in [7, 11) is 0. The molecule has 6 heteroatoms. The van der Waals surface area contributed by atoms with E-state index >= 15 is 0 Å². The highest BCUT2D eigenvalue weighted by Gasteiger charge is 2.16. The van der Waals surface area contributed by atoms with Crippen molar-refractivity contribution in [3.8, 4) is 0 Å².